The average molecular weight is 356 g/mol. The first-order valence-corrected chi connectivity index (χ1v) is 6.57. The summed E-state index contributed by atoms with van der Waals surface area (Å²) < 4.78 is 7.72. The van der Waals surface area contributed by atoms with Gasteiger partial charge in [-0.3, -0.25) is 0 Å². The molecule has 0 radical (unpaired) electrons. The molecule has 0 saturated heterocycles. The highest BCUT2D eigenvalue weighted by atomic mass is 127. The second kappa shape index (κ2) is 5.51. The Bertz CT molecular complexity index is 566. The third-order valence-electron chi connectivity index (χ3n) is 2.81. The standard InChI is InChI=1S/C13H13IN2O2/c1-9(10-4-3-5-11(14)6-10)16-8-15-7-12(16)13(17)18-2/h3-9H,1-2H3/t9-/m1/s1. The van der Waals surface area contributed by atoms with E-state index in [2.05, 4.69) is 33.6 Å². The predicted octanol–water partition coefficient (Wildman–Crippen LogP) is 2.88. The first kappa shape index (κ1) is 13.1. The lowest BCUT2D eigenvalue weighted by Gasteiger charge is -2.16. The number of methoxy groups -OCH3 is 1. The number of hydrogen-bond acceptors (Lipinski definition) is 3. The minimum atomic E-state index is -0.370. The number of rotatable bonds is 3. The van der Waals surface area contributed by atoms with Gasteiger partial charge in [-0.1, -0.05) is 12.1 Å². The summed E-state index contributed by atoms with van der Waals surface area (Å²) in [6.45, 7) is 2.03. The largest absolute Gasteiger partial charge is 0.464 e. The summed E-state index contributed by atoms with van der Waals surface area (Å²) in [4.78, 5) is 15.6. The zero-order valence-electron chi connectivity index (χ0n) is 10.1. The fraction of sp³-hybridized carbons (Fsp3) is 0.231. The van der Waals surface area contributed by atoms with E-state index >= 15 is 0 Å². The van der Waals surface area contributed by atoms with Crippen LogP contribution in [-0.2, 0) is 4.74 Å². The lowest BCUT2D eigenvalue weighted by Crippen LogP contribution is -2.14. The number of carbonyl (C=O) groups is 1. The Labute approximate surface area is 119 Å². The maximum atomic E-state index is 11.6. The van der Waals surface area contributed by atoms with Crippen LogP contribution in [0.4, 0.5) is 0 Å². The Hall–Kier alpha value is -1.37. The van der Waals surface area contributed by atoms with Gasteiger partial charge in [0.05, 0.1) is 25.7 Å². The molecule has 4 nitrogen and oxygen atoms in total. The minimum absolute atomic E-state index is 0.0383. The number of benzene rings is 1. The number of carbonyl (C=O) groups excluding carboxylic acids is 1. The zero-order valence-corrected chi connectivity index (χ0v) is 12.3. The van der Waals surface area contributed by atoms with Gasteiger partial charge in [-0.05, 0) is 47.2 Å². The van der Waals surface area contributed by atoms with Crippen LogP contribution in [0.1, 0.15) is 29.0 Å². The van der Waals surface area contributed by atoms with Crippen LogP contribution in [0.2, 0.25) is 0 Å². The first-order valence-electron chi connectivity index (χ1n) is 5.49. The van der Waals surface area contributed by atoms with Crippen molar-refractivity contribution in [3.05, 3.63) is 51.6 Å². The average Bonchev–Trinajstić information content (AvgIpc) is 2.86. The van der Waals surface area contributed by atoms with Crippen molar-refractivity contribution >= 4 is 28.6 Å². The topological polar surface area (TPSA) is 44.1 Å². The SMILES string of the molecule is COC(=O)c1cncn1[C@H](C)c1cccc(I)c1. The van der Waals surface area contributed by atoms with Crippen molar-refractivity contribution in [3.8, 4) is 0 Å². The van der Waals surface area contributed by atoms with Crippen LogP contribution in [0, 0.1) is 3.57 Å². The molecule has 1 aromatic heterocycles. The summed E-state index contributed by atoms with van der Waals surface area (Å²) in [6, 6.07) is 8.20. The molecule has 94 valence electrons. The molecule has 0 amide bonds. The Morgan fingerprint density at radius 2 is 2.28 bits per heavy atom. The van der Waals surface area contributed by atoms with Gasteiger partial charge >= 0.3 is 5.97 Å². The highest BCUT2D eigenvalue weighted by Crippen LogP contribution is 2.21. The van der Waals surface area contributed by atoms with Crippen molar-refractivity contribution in [2.75, 3.05) is 7.11 Å². The number of ether oxygens (including phenoxy) is 1. The van der Waals surface area contributed by atoms with Gasteiger partial charge in [0, 0.05) is 3.57 Å². The van der Waals surface area contributed by atoms with Crippen molar-refractivity contribution in [1.29, 1.82) is 0 Å². The van der Waals surface area contributed by atoms with E-state index in [1.165, 1.54) is 13.3 Å². The van der Waals surface area contributed by atoms with Crippen LogP contribution in [-0.4, -0.2) is 22.6 Å². The second-order valence-corrected chi connectivity index (χ2v) is 5.15. The Morgan fingerprint density at radius 1 is 1.50 bits per heavy atom. The van der Waals surface area contributed by atoms with E-state index in [1.807, 2.05) is 29.7 Å². The summed E-state index contributed by atoms with van der Waals surface area (Å²) in [5, 5.41) is 0. The highest BCUT2D eigenvalue weighted by Gasteiger charge is 2.17. The molecule has 0 aliphatic carbocycles. The molecular formula is C13H13IN2O2. The smallest absolute Gasteiger partial charge is 0.356 e. The van der Waals surface area contributed by atoms with Crippen LogP contribution < -0.4 is 0 Å². The zero-order chi connectivity index (χ0) is 13.1. The molecule has 5 heteroatoms. The van der Waals surface area contributed by atoms with Crippen LogP contribution in [0.25, 0.3) is 0 Å². The van der Waals surface area contributed by atoms with Crippen molar-refractivity contribution in [1.82, 2.24) is 9.55 Å². The van der Waals surface area contributed by atoms with Gasteiger partial charge < -0.3 is 9.30 Å². The van der Waals surface area contributed by atoms with Gasteiger partial charge in [0.1, 0.15) is 5.69 Å². The quantitative estimate of drug-likeness (QED) is 0.628. The Balaban J connectivity index is 2.37. The monoisotopic (exact) mass is 356 g/mol. The van der Waals surface area contributed by atoms with E-state index in [4.69, 9.17) is 4.74 Å². The summed E-state index contributed by atoms with van der Waals surface area (Å²) in [6.07, 6.45) is 3.17. The molecule has 2 aromatic rings. The molecule has 0 unspecified atom stereocenters. The molecule has 1 atom stereocenters. The Morgan fingerprint density at radius 3 is 2.94 bits per heavy atom. The minimum Gasteiger partial charge on any atom is -0.464 e. The number of imidazole rings is 1. The number of esters is 1. The molecule has 0 aliphatic rings. The van der Waals surface area contributed by atoms with Gasteiger partial charge in [0.25, 0.3) is 0 Å². The molecular weight excluding hydrogens is 343 g/mol. The van der Waals surface area contributed by atoms with Crippen LogP contribution in [0.3, 0.4) is 0 Å². The second-order valence-electron chi connectivity index (χ2n) is 3.91. The number of halogens is 1. The van der Waals surface area contributed by atoms with Crippen molar-refractivity contribution in [2.45, 2.75) is 13.0 Å². The maximum Gasteiger partial charge on any atom is 0.356 e. The van der Waals surface area contributed by atoms with Crippen LogP contribution in [0.5, 0.6) is 0 Å². The van der Waals surface area contributed by atoms with E-state index in [0.717, 1.165) is 9.13 Å². The molecule has 0 N–H and O–H groups in total. The van der Waals surface area contributed by atoms with Gasteiger partial charge in [0.15, 0.2) is 0 Å². The third-order valence-corrected chi connectivity index (χ3v) is 3.48. The Kier molecular flexibility index (Phi) is 4.00. The fourth-order valence-electron chi connectivity index (χ4n) is 1.80. The van der Waals surface area contributed by atoms with E-state index in [-0.39, 0.29) is 12.0 Å². The molecule has 1 aromatic carbocycles. The molecule has 0 aliphatic heterocycles. The molecule has 0 spiro atoms. The number of hydrogen-bond donors (Lipinski definition) is 0. The van der Waals surface area contributed by atoms with Gasteiger partial charge in [-0.15, -0.1) is 0 Å². The summed E-state index contributed by atoms with van der Waals surface area (Å²) in [7, 11) is 1.37. The molecule has 0 saturated carbocycles. The molecule has 0 fully saturated rings. The summed E-state index contributed by atoms with van der Waals surface area (Å²) >= 11 is 2.27. The van der Waals surface area contributed by atoms with E-state index < -0.39 is 0 Å². The maximum absolute atomic E-state index is 11.6. The summed E-state index contributed by atoms with van der Waals surface area (Å²) in [5.74, 6) is -0.370. The van der Waals surface area contributed by atoms with Crippen LogP contribution in [0.15, 0.2) is 36.8 Å². The lowest BCUT2D eigenvalue weighted by molar-refractivity contribution is 0.0587. The number of aromatic nitrogens is 2. The van der Waals surface area contributed by atoms with Crippen molar-refractivity contribution in [3.63, 3.8) is 0 Å². The molecule has 2 rings (SSSR count). The molecule has 1 heterocycles. The first-order chi connectivity index (χ1) is 8.63. The van der Waals surface area contributed by atoms with Crippen molar-refractivity contribution < 1.29 is 9.53 Å². The van der Waals surface area contributed by atoms with Crippen LogP contribution >= 0.6 is 22.6 Å². The van der Waals surface area contributed by atoms with Gasteiger partial charge in [0.2, 0.25) is 0 Å². The van der Waals surface area contributed by atoms with E-state index in [9.17, 15) is 4.79 Å². The third kappa shape index (κ3) is 2.55. The van der Waals surface area contributed by atoms with E-state index in [1.54, 1.807) is 6.33 Å². The van der Waals surface area contributed by atoms with Gasteiger partial charge in [-0.25, -0.2) is 9.78 Å². The van der Waals surface area contributed by atoms with Crippen molar-refractivity contribution in [2.24, 2.45) is 0 Å². The highest BCUT2D eigenvalue weighted by molar-refractivity contribution is 14.1. The van der Waals surface area contributed by atoms with Gasteiger partial charge in [-0.2, -0.15) is 0 Å². The predicted molar refractivity (Wildman–Crippen MR) is 76.5 cm³/mol. The number of nitrogens with zero attached hydrogens (tertiary/aromatic N) is 2. The molecule has 0 bridgehead atoms. The fourth-order valence-corrected chi connectivity index (χ4v) is 2.37. The summed E-state index contributed by atoms with van der Waals surface area (Å²) in [5.41, 5.74) is 1.59. The van der Waals surface area contributed by atoms with E-state index in [0.29, 0.717) is 5.69 Å². The molecule has 18 heavy (non-hydrogen) atoms. The lowest BCUT2D eigenvalue weighted by atomic mass is 10.1. The normalized spacial score (nSPS) is 12.2.